The summed E-state index contributed by atoms with van der Waals surface area (Å²) in [6.45, 7) is 5.75. The first-order valence-corrected chi connectivity index (χ1v) is 9.93. The van der Waals surface area contributed by atoms with Crippen molar-refractivity contribution >= 4 is 17.8 Å². The van der Waals surface area contributed by atoms with E-state index in [4.69, 9.17) is 5.73 Å². The number of fused-ring (bicyclic) bond motifs is 1. The van der Waals surface area contributed by atoms with Gasteiger partial charge in [-0.25, -0.2) is 9.97 Å². The van der Waals surface area contributed by atoms with E-state index < -0.39 is 5.91 Å². The average molecular weight is 381 g/mol. The van der Waals surface area contributed by atoms with E-state index in [0.29, 0.717) is 23.9 Å². The van der Waals surface area contributed by atoms with Gasteiger partial charge in [-0.1, -0.05) is 13.0 Å². The Kier molecular flexibility index (Phi) is 4.69. The van der Waals surface area contributed by atoms with Crippen LogP contribution >= 0.6 is 0 Å². The van der Waals surface area contributed by atoms with Gasteiger partial charge in [-0.05, 0) is 50.2 Å². The van der Waals surface area contributed by atoms with Gasteiger partial charge in [-0.15, -0.1) is 0 Å². The number of piperidine rings is 1. The summed E-state index contributed by atoms with van der Waals surface area (Å²) in [4.78, 5) is 35.3. The average Bonchev–Trinajstić information content (AvgIpc) is 3.47. The third-order valence-corrected chi connectivity index (χ3v) is 6.24. The zero-order chi connectivity index (χ0) is 20.0. The zero-order valence-electron chi connectivity index (χ0n) is 16.6. The Balaban J connectivity index is 1.75. The molecule has 0 spiro atoms. The zero-order valence-corrected chi connectivity index (χ0v) is 16.6. The molecule has 1 aromatic heterocycles. The molecule has 7 heteroatoms. The van der Waals surface area contributed by atoms with Gasteiger partial charge in [0.2, 0.25) is 17.8 Å². The van der Waals surface area contributed by atoms with Crippen molar-refractivity contribution in [2.24, 2.45) is 23.5 Å². The molecule has 0 radical (unpaired) electrons. The Hall–Kier alpha value is -2.70. The van der Waals surface area contributed by atoms with E-state index in [0.717, 1.165) is 24.2 Å². The third kappa shape index (κ3) is 3.30. The van der Waals surface area contributed by atoms with Crippen molar-refractivity contribution in [1.29, 1.82) is 0 Å². The van der Waals surface area contributed by atoms with Crippen molar-refractivity contribution in [2.45, 2.75) is 52.1 Å². The summed E-state index contributed by atoms with van der Waals surface area (Å²) >= 11 is 0. The minimum absolute atomic E-state index is 0.0114. The predicted octanol–water partition coefficient (Wildman–Crippen LogP) is 2.16. The number of aryl methyl sites for hydroxylation is 1. The van der Waals surface area contributed by atoms with Crippen LogP contribution in [0.25, 0.3) is 0 Å². The topological polar surface area (TPSA) is 101 Å². The molecule has 1 aliphatic heterocycles. The molecule has 4 rings (SSSR count). The summed E-state index contributed by atoms with van der Waals surface area (Å²) in [5.41, 5.74) is 8.01. The maximum atomic E-state index is 12.6. The molecule has 28 heavy (non-hydrogen) atoms. The number of nitrogens with two attached hydrogens (primary N) is 1. The Morgan fingerprint density at radius 1 is 1.29 bits per heavy atom. The molecule has 2 heterocycles. The molecule has 2 aliphatic carbocycles. The number of allylic oxidation sites excluding steroid dienone is 2. The van der Waals surface area contributed by atoms with Gasteiger partial charge in [-0.3, -0.25) is 9.59 Å². The molecule has 1 unspecified atom stereocenters. The maximum absolute atomic E-state index is 12.6. The van der Waals surface area contributed by atoms with Crippen LogP contribution in [0, 0.1) is 24.7 Å². The number of hydrogen-bond acceptors (Lipinski definition) is 5. The number of rotatable bonds is 4. The number of carbonyl (C=O) groups excluding carboxylic acids is 2. The second-order valence-corrected chi connectivity index (χ2v) is 8.23. The fourth-order valence-corrected chi connectivity index (χ4v) is 4.83. The van der Waals surface area contributed by atoms with Crippen LogP contribution in [0.4, 0.5) is 5.95 Å². The predicted molar refractivity (Wildman–Crippen MR) is 106 cm³/mol. The summed E-state index contributed by atoms with van der Waals surface area (Å²) in [6.07, 6.45) is 8.22. The number of amides is 2. The Labute approximate surface area is 165 Å². The molecule has 148 valence electrons. The van der Waals surface area contributed by atoms with Gasteiger partial charge in [-0.2, -0.15) is 0 Å². The number of anilines is 1. The lowest BCUT2D eigenvalue weighted by molar-refractivity contribution is -0.132. The van der Waals surface area contributed by atoms with E-state index in [2.05, 4.69) is 22.2 Å². The quantitative estimate of drug-likeness (QED) is 0.832. The number of hydrogen-bond donors (Lipinski definition) is 2. The first-order chi connectivity index (χ1) is 13.4. The molecule has 3 aliphatic rings. The maximum Gasteiger partial charge on any atom is 0.244 e. The van der Waals surface area contributed by atoms with Crippen LogP contribution in [0.5, 0.6) is 0 Å². The number of carbonyl (C=O) groups is 2. The summed E-state index contributed by atoms with van der Waals surface area (Å²) in [5, 5.41) is 3.52. The van der Waals surface area contributed by atoms with E-state index in [9.17, 15) is 9.59 Å². The second-order valence-electron chi connectivity index (χ2n) is 8.23. The molecule has 1 saturated carbocycles. The van der Waals surface area contributed by atoms with Crippen LogP contribution in [0.1, 0.15) is 38.8 Å². The van der Waals surface area contributed by atoms with Crippen molar-refractivity contribution in [3.05, 3.63) is 41.4 Å². The number of likely N-dealkylation sites (tertiary alicyclic amines) is 1. The Bertz CT molecular complexity index is 873. The van der Waals surface area contributed by atoms with Crippen LogP contribution < -0.4 is 11.1 Å². The Morgan fingerprint density at radius 3 is 2.64 bits per heavy atom. The van der Waals surface area contributed by atoms with Gasteiger partial charge < -0.3 is 16.0 Å². The lowest BCUT2D eigenvalue weighted by atomic mass is 9.71. The molecular formula is C21H27N5O2. The minimum Gasteiger partial charge on any atom is -0.366 e. The van der Waals surface area contributed by atoms with Crippen molar-refractivity contribution in [3.63, 3.8) is 0 Å². The Morgan fingerprint density at radius 2 is 2.04 bits per heavy atom. The van der Waals surface area contributed by atoms with E-state index in [1.807, 2.05) is 24.0 Å². The third-order valence-electron chi connectivity index (χ3n) is 6.24. The van der Waals surface area contributed by atoms with Gasteiger partial charge in [0.15, 0.2) is 0 Å². The van der Waals surface area contributed by atoms with E-state index in [-0.39, 0.29) is 29.8 Å². The minimum atomic E-state index is -0.410. The second kappa shape index (κ2) is 7.04. The van der Waals surface area contributed by atoms with Crippen molar-refractivity contribution < 1.29 is 9.59 Å². The van der Waals surface area contributed by atoms with Gasteiger partial charge >= 0.3 is 0 Å². The normalized spacial score (nSPS) is 29.5. The molecular weight excluding hydrogens is 354 g/mol. The summed E-state index contributed by atoms with van der Waals surface area (Å²) < 4.78 is 0. The van der Waals surface area contributed by atoms with Crippen molar-refractivity contribution in [1.82, 2.24) is 14.9 Å². The van der Waals surface area contributed by atoms with Crippen molar-refractivity contribution in [2.75, 3.05) is 5.32 Å². The van der Waals surface area contributed by atoms with Crippen LogP contribution in [-0.4, -0.2) is 38.8 Å². The first-order valence-electron chi connectivity index (χ1n) is 9.93. The molecule has 1 saturated heterocycles. The van der Waals surface area contributed by atoms with E-state index in [1.165, 1.54) is 0 Å². The molecule has 2 fully saturated rings. The molecule has 3 N–H and O–H groups in total. The number of aromatic nitrogens is 2. The van der Waals surface area contributed by atoms with Gasteiger partial charge in [0.25, 0.3) is 0 Å². The number of nitrogens with zero attached hydrogens (tertiary/aromatic N) is 3. The molecule has 1 aromatic rings. The smallest absolute Gasteiger partial charge is 0.244 e. The van der Waals surface area contributed by atoms with E-state index >= 15 is 0 Å². The van der Waals surface area contributed by atoms with Gasteiger partial charge in [0, 0.05) is 48.1 Å². The van der Waals surface area contributed by atoms with E-state index in [1.54, 1.807) is 19.2 Å². The largest absolute Gasteiger partial charge is 0.366 e. The first kappa shape index (κ1) is 18.7. The van der Waals surface area contributed by atoms with Gasteiger partial charge in [0.05, 0.1) is 0 Å². The molecule has 4 atom stereocenters. The highest BCUT2D eigenvalue weighted by atomic mass is 16.2. The highest BCUT2D eigenvalue weighted by Crippen LogP contribution is 2.49. The summed E-state index contributed by atoms with van der Waals surface area (Å²) in [5.74, 6) is 0.899. The van der Waals surface area contributed by atoms with Crippen LogP contribution in [0.2, 0.25) is 0 Å². The summed E-state index contributed by atoms with van der Waals surface area (Å²) in [6, 6.07) is 2.02. The standard InChI is InChI=1S/C21H27N5O2/c1-11-8-9-23-21(24-11)25-18-12(2)19(14-4-5-14)26(13(3)27)17-7-6-15(20(22)28)10-16(17)18/h6-9,12,14,16,18-19H,4-5,10H2,1-3H3,(H2,22,28)(H,23,24,25)/t12-,16?,18-,19-/m0/s1. The fourth-order valence-electron chi connectivity index (χ4n) is 4.83. The highest BCUT2D eigenvalue weighted by molar-refractivity contribution is 5.92. The number of primary amides is 1. The highest BCUT2D eigenvalue weighted by Gasteiger charge is 2.51. The van der Waals surface area contributed by atoms with Crippen molar-refractivity contribution in [3.8, 4) is 0 Å². The molecule has 0 bridgehead atoms. The van der Waals surface area contributed by atoms with Gasteiger partial charge in [0.1, 0.15) is 0 Å². The lowest BCUT2D eigenvalue weighted by Gasteiger charge is -2.51. The number of nitrogens with one attached hydrogen (secondary N) is 1. The summed E-state index contributed by atoms with van der Waals surface area (Å²) in [7, 11) is 0. The molecule has 7 nitrogen and oxygen atoms in total. The molecule has 2 amide bonds. The monoisotopic (exact) mass is 381 g/mol. The SMILES string of the molecule is CC(=O)N1C2=CC=C(C(N)=O)CC2[C@@H](Nc2nccc(C)n2)[C@H](C)[C@H]1C1CC1. The lowest BCUT2D eigenvalue weighted by Crippen LogP contribution is -2.58. The molecule has 0 aromatic carbocycles. The fraction of sp³-hybridized carbons (Fsp3) is 0.524. The van der Waals surface area contributed by atoms with Crippen LogP contribution in [0.15, 0.2) is 35.7 Å². The van der Waals surface area contributed by atoms with Crippen LogP contribution in [0.3, 0.4) is 0 Å². The van der Waals surface area contributed by atoms with Crippen LogP contribution in [-0.2, 0) is 9.59 Å².